The van der Waals surface area contributed by atoms with Gasteiger partial charge in [-0.25, -0.2) is 0 Å². The number of carbonyl (C=O) groups excluding carboxylic acids is 1. The molecule has 0 saturated carbocycles. The number of hydrogen-bond acceptors (Lipinski definition) is 4. The minimum atomic E-state index is -0.230. The van der Waals surface area contributed by atoms with Crippen LogP contribution >= 0.6 is 0 Å². The van der Waals surface area contributed by atoms with Crippen LogP contribution < -0.4 is 10.6 Å². The standard InChI is InChI=1S/C26H35N3O2/c1-17-13-23(28-31-17)24(30)27-22-12-11-19(14-21(22)18-9-7-6-8-10-18)20-15-25(2,3)29-26(4,5)16-20/h9,11-14,20,29H,6-8,10,15-16H2,1-5H3,(H,27,30). The van der Waals surface area contributed by atoms with E-state index >= 15 is 0 Å². The molecule has 1 aliphatic carbocycles. The largest absolute Gasteiger partial charge is 0.361 e. The highest BCUT2D eigenvalue weighted by Gasteiger charge is 2.38. The average molecular weight is 422 g/mol. The first-order valence-corrected chi connectivity index (χ1v) is 11.5. The number of hydrogen-bond donors (Lipinski definition) is 2. The molecule has 0 bridgehead atoms. The van der Waals surface area contributed by atoms with Gasteiger partial charge in [0.25, 0.3) is 5.91 Å². The smallest absolute Gasteiger partial charge is 0.277 e. The molecular formula is C26H35N3O2. The molecule has 2 heterocycles. The van der Waals surface area contributed by atoms with E-state index in [1.807, 2.05) is 0 Å². The molecule has 1 aliphatic heterocycles. The molecule has 1 amide bonds. The van der Waals surface area contributed by atoms with Gasteiger partial charge in [-0.1, -0.05) is 17.3 Å². The maximum Gasteiger partial charge on any atom is 0.277 e. The molecule has 1 aromatic heterocycles. The molecule has 1 aromatic carbocycles. The van der Waals surface area contributed by atoms with Crippen LogP contribution in [-0.4, -0.2) is 22.1 Å². The van der Waals surface area contributed by atoms with Crippen LogP contribution in [0.3, 0.4) is 0 Å². The summed E-state index contributed by atoms with van der Waals surface area (Å²) in [6, 6.07) is 8.26. The van der Waals surface area contributed by atoms with E-state index in [1.54, 1.807) is 13.0 Å². The topological polar surface area (TPSA) is 67.2 Å². The Labute approximate surface area is 185 Å². The van der Waals surface area contributed by atoms with Gasteiger partial charge >= 0.3 is 0 Å². The first-order valence-electron chi connectivity index (χ1n) is 11.5. The molecule has 4 rings (SSSR count). The zero-order valence-electron chi connectivity index (χ0n) is 19.5. The second kappa shape index (κ2) is 8.27. The summed E-state index contributed by atoms with van der Waals surface area (Å²) in [6.07, 6.45) is 9.12. The summed E-state index contributed by atoms with van der Waals surface area (Å²) < 4.78 is 5.08. The lowest BCUT2D eigenvalue weighted by Gasteiger charge is -2.47. The monoisotopic (exact) mass is 421 g/mol. The van der Waals surface area contributed by atoms with Crippen LogP contribution in [0.15, 0.2) is 34.9 Å². The molecule has 0 radical (unpaired) electrons. The van der Waals surface area contributed by atoms with E-state index in [-0.39, 0.29) is 17.0 Å². The van der Waals surface area contributed by atoms with Crippen molar-refractivity contribution in [3.8, 4) is 0 Å². The van der Waals surface area contributed by atoms with Crippen LogP contribution in [-0.2, 0) is 0 Å². The van der Waals surface area contributed by atoms with E-state index < -0.39 is 0 Å². The minimum absolute atomic E-state index is 0.0917. The van der Waals surface area contributed by atoms with Crippen molar-refractivity contribution >= 4 is 17.2 Å². The highest BCUT2D eigenvalue weighted by Crippen LogP contribution is 2.41. The van der Waals surface area contributed by atoms with Crippen LogP contribution in [0.25, 0.3) is 5.57 Å². The van der Waals surface area contributed by atoms with Crippen molar-refractivity contribution < 1.29 is 9.32 Å². The molecule has 5 heteroatoms. The van der Waals surface area contributed by atoms with Crippen molar-refractivity contribution in [2.24, 2.45) is 0 Å². The van der Waals surface area contributed by atoms with Gasteiger partial charge in [-0.15, -0.1) is 0 Å². The Morgan fingerprint density at radius 2 is 1.87 bits per heavy atom. The fourth-order valence-corrected chi connectivity index (χ4v) is 5.49. The van der Waals surface area contributed by atoms with Crippen molar-refractivity contribution in [2.45, 2.75) is 90.1 Å². The van der Waals surface area contributed by atoms with Gasteiger partial charge in [0.15, 0.2) is 5.69 Å². The zero-order valence-corrected chi connectivity index (χ0v) is 19.5. The molecule has 31 heavy (non-hydrogen) atoms. The number of aryl methyl sites for hydroxylation is 1. The molecule has 1 saturated heterocycles. The predicted molar refractivity (Wildman–Crippen MR) is 125 cm³/mol. The highest BCUT2D eigenvalue weighted by molar-refractivity contribution is 6.04. The maximum absolute atomic E-state index is 12.8. The summed E-state index contributed by atoms with van der Waals surface area (Å²) >= 11 is 0. The second-order valence-electron chi connectivity index (χ2n) is 10.6. The number of carbonyl (C=O) groups is 1. The summed E-state index contributed by atoms with van der Waals surface area (Å²) in [5.41, 5.74) is 5.21. The molecule has 0 unspecified atom stereocenters. The predicted octanol–water partition coefficient (Wildman–Crippen LogP) is 6.22. The van der Waals surface area contributed by atoms with E-state index in [1.165, 1.54) is 24.0 Å². The van der Waals surface area contributed by atoms with Crippen LogP contribution in [0, 0.1) is 6.92 Å². The minimum Gasteiger partial charge on any atom is -0.361 e. The van der Waals surface area contributed by atoms with Crippen molar-refractivity contribution in [1.29, 1.82) is 0 Å². The number of rotatable bonds is 4. The van der Waals surface area contributed by atoms with Crippen LogP contribution in [0.5, 0.6) is 0 Å². The first-order chi connectivity index (χ1) is 14.6. The molecular weight excluding hydrogens is 386 g/mol. The van der Waals surface area contributed by atoms with Gasteiger partial charge in [0.1, 0.15) is 5.76 Å². The summed E-state index contributed by atoms with van der Waals surface area (Å²) in [5, 5.41) is 10.7. The summed E-state index contributed by atoms with van der Waals surface area (Å²) in [4.78, 5) is 12.8. The number of amides is 1. The Morgan fingerprint density at radius 3 is 2.48 bits per heavy atom. The van der Waals surface area contributed by atoms with Gasteiger partial charge in [0, 0.05) is 28.4 Å². The molecule has 0 atom stereocenters. The Morgan fingerprint density at radius 1 is 1.13 bits per heavy atom. The lowest BCUT2D eigenvalue weighted by Crippen LogP contribution is -2.57. The van der Waals surface area contributed by atoms with Gasteiger partial charge in [-0.05, 0) is 102 Å². The quantitative estimate of drug-likeness (QED) is 0.615. The summed E-state index contributed by atoms with van der Waals surface area (Å²) in [7, 11) is 0. The molecule has 5 nitrogen and oxygen atoms in total. The van der Waals surface area contributed by atoms with E-state index in [0.717, 1.165) is 36.9 Å². The Hall–Kier alpha value is -2.40. The van der Waals surface area contributed by atoms with Crippen molar-refractivity contribution in [3.05, 3.63) is 52.9 Å². The van der Waals surface area contributed by atoms with E-state index in [9.17, 15) is 4.79 Å². The molecule has 0 spiro atoms. The van der Waals surface area contributed by atoms with Crippen molar-refractivity contribution in [3.63, 3.8) is 0 Å². The number of anilines is 1. The zero-order chi connectivity index (χ0) is 22.2. The van der Waals surface area contributed by atoms with Crippen LogP contribution in [0.2, 0.25) is 0 Å². The third-order valence-electron chi connectivity index (χ3n) is 6.45. The van der Waals surface area contributed by atoms with Gasteiger partial charge in [0.05, 0.1) is 0 Å². The molecule has 2 N–H and O–H groups in total. The van der Waals surface area contributed by atoms with Crippen LogP contribution in [0.1, 0.15) is 99.5 Å². The number of nitrogens with zero attached hydrogens (tertiary/aromatic N) is 1. The fraction of sp³-hybridized carbons (Fsp3) is 0.538. The van der Waals surface area contributed by atoms with Gasteiger partial charge in [-0.2, -0.15) is 0 Å². The van der Waals surface area contributed by atoms with E-state index in [2.05, 4.69) is 67.8 Å². The molecule has 2 aromatic rings. The first kappa shape index (κ1) is 21.8. The molecule has 1 fully saturated rings. The van der Waals surface area contributed by atoms with Gasteiger partial charge < -0.3 is 15.2 Å². The number of nitrogens with one attached hydrogen (secondary N) is 2. The SMILES string of the molecule is Cc1cc(C(=O)Nc2ccc(C3CC(C)(C)NC(C)(C)C3)cc2C2=CCCCC2)no1. The maximum atomic E-state index is 12.8. The third kappa shape index (κ3) is 5.09. The van der Waals surface area contributed by atoms with Crippen LogP contribution in [0.4, 0.5) is 5.69 Å². The van der Waals surface area contributed by atoms with E-state index in [4.69, 9.17) is 4.52 Å². The normalized spacial score (nSPS) is 20.9. The molecule has 2 aliphatic rings. The Balaban J connectivity index is 1.68. The van der Waals surface area contributed by atoms with E-state index in [0.29, 0.717) is 17.4 Å². The lowest BCUT2D eigenvalue weighted by atomic mass is 9.73. The van der Waals surface area contributed by atoms with Crippen molar-refractivity contribution in [2.75, 3.05) is 5.32 Å². The van der Waals surface area contributed by atoms with Gasteiger partial charge in [0.2, 0.25) is 0 Å². The number of benzene rings is 1. The average Bonchev–Trinajstić information content (AvgIpc) is 3.13. The lowest BCUT2D eigenvalue weighted by molar-refractivity contribution is 0.101. The summed E-state index contributed by atoms with van der Waals surface area (Å²) in [6.45, 7) is 11.0. The number of allylic oxidation sites excluding steroid dienone is 2. The number of piperidine rings is 1. The fourth-order valence-electron chi connectivity index (χ4n) is 5.49. The number of aromatic nitrogens is 1. The summed E-state index contributed by atoms with van der Waals surface area (Å²) in [5.74, 6) is 0.885. The van der Waals surface area contributed by atoms with Gasteiger partial charge in [-0.3, -0.25) is 4.79 Å². The van der Waals surface area contributed by atoms with Crippen molar-refractivity contribution in [1.82, 2.24) is 10.5 Å². The highest BCUT2D eigenvalue weighted by atomic mass is 16.5. The molecule has 166 valence electrons. The Kier molecular flexibility index (Phi) is 5.82. The third-order valence-corrected chi connectivity index (χ3v) is 6.45. The second-order valence-corrected chi connectivity index (χ2v) is 10.6. The Bertz CT molecular complexity index is 984.